The number of rotatable bonds is 7. The third-order valence-electron chi connectivity index (χ3n) is 16.7. The van der Waals surface area contributed by atoms with Gasteiger partial charge in [0, 0.05) is 32.5 Å². The molecule has 2 heterocycles. The van der Waals surface area contributed by atoms with Crippen molar-refractivity contribution in [3.63, 3.8) is 0 Å². The van der Waals surface area contributed by atoms with Crippen LogP contribution in [0.15, 0.2) is 30.3 Å². The summed E-state index contributed by atoms with van der Waals surface area (Å²) in [5.74, 6) is 0.742. The van der Waals surface area contributed by atoms with E-state index in [2.05, 4.69) is 69.9 Å². The smallest absolute Gasteiger partial charge is 0.303 e. The van der Waals surface area contributed by atoms with E-state index in [4.69, 9.17) is 24.7 Å². The lowest BCUT2D eigenvalue weighted by Crippen LogP contribution is -2.69. The molecule has 8 rings (SSSR count). The predicted octanol–water partition coefficient (Wildman–Crippen LogP) is 5.89. The van der Waals surface area contributed by atoms with Crippen molar-refractivity contribution in [3.05, 3.63) is 35.9 Å². The highest BCUT2D eigenvalue weighted by Gasteiger charge is 2.88. The first-order chi connectivity index (χ1) is 24.4. The monoisotopic (exact) mass is 720 g/mol. The van der Waals surface area contributed by atoms with Crippen LogP contribution in [0.25, 0.3) is 0 Å². The van der Waals surface area contributed by atoms with E-state index in [1.165, 1.54) is 12.5 Å². The number of carbonyl (C=O) groups is 2. The van der Waals surface area contributed by atoms with Gasteiger partial charge in [-0.2, -0.15) is 0 Å². The molecule has 9 heteroatoms. The second kappa shape index (κ2) is 12.3. The Morgan fingerprint density at radius 2 is 1.75 bits per heavy atom. The van der Waals surface area contributed by atoms with Gasteiger partial charge in [-0.1, -0.05) is 65.0 Å². The summed E-state index contributed by atoms with van der Waals surface area (Å²) in [5.41, 5.74) is 6.51. The summed E-state index contributed by atoms with van der Waals surface area (Å²) in [4.78, 5) is 29.6. The normalized spacial score (nSPS) is 47.3. The minimum atomic E-state index is -1.32. The van der Waals surface area contributed by atoms with Crippen molar-refractivity contribution in [2.75, 3.05) is 19.7 Å². The van der Waals surface area contributed by atoms with E-state index < -0.39 is 40.8 Å². The van der Waals surface area contributed by atoms with Gasteiger partial charge in [0.25, 0.3) is 0 Å². The van der Waals surface area contributed by atoms with Gasteiger partial charge in [-0.05, 0) is 110 Å². The lowest BCUT2D eigenvalue weighted by atomic mass is 9.43. The highest BCUT2D eigenvalue weighted by Crippen LogP contribution is 2.89. The predicted molar refractivity (Wildman–Crippen MR) is 197 cm³/mol. The topological polar surface area (TPSA) is 121 Å². The number of fused-ring (bicyclic) bond motifs is 4. The zero-order valence-corrected chi connectivity index (χ0v) is 32.9. The van der Waals surface area contributed by atoms with Crippen molar-refractivity contribution >= 4 is 11.8 Å². The van der Waals surface area contributed by atoms with Gasteiger partial charge in [0.2, 0.25) is 0 Å². The fourth-order valence-electron chi connectivity index (χ4n) is 14.6. The van der Waals surface area contributed by atoms with Crippen LogP contribution in [-0.2, 0) is 35.1 Å². The maximum Gasteiger partial charge on any atom is 0.303 e. The van der Waals surface area contributed by atoms with Crippen LogP contribution in [0.4, 0.5) is 0 Å². The van der Waals surface area contributed by atoms with Crippen LogP contribution in [0.1, 0.15) is 106 Å². The molecule has 2 saturated heterocycles. The molecule has 52 heavy (non-hydrogen) atoms. The van der Waals surface area contributed by atoms with Crippen LogP contribution < -0.4 is 5.73 Å². The Morgan fingerprint density at radius 1 is 1.06 bits per heavy atom. The number of Topliss-reactive ketones (excluding diaryl/α,β-unsaturated/α-hetero) is 1. The molecule has 0 aromatic heterocycles. The van der Waals surface area contributed by atoms with Gasteiger partial charge in [-0.15, -0.1) is 0 Å². The molecule has 7 aliphatic rings. The third-order valence-corrected chi connectivity index (χ3v) is 16.7. The average molecular weight is 721 g/mol. The molecule has 2 spiro atoms. The largest absolute Gasteiger partial charge is 0.457 e. The number of hydrogen-bond donors (Lipinski definition) is 2. The minimum absolute atomic E-state index is 0.0151. The number of esters is 1. The van der Waals surface area contributed by atoms with E-state index in [0.29, 0.717) is 24.9 Å². The van der Waals surface area contributed by atoms with Crippen LogP contribution in [0.3, 0.4) is 0 Å². The summed E-state index contributed by atoms with van der Waals surface area (Å²) < 4.78 is 25.6. The Bertz CT molecular complexity index is 1560. The highest BCUT2D eigenvalue weighted by molar-refractivity contribution is 5.97. The molecular formula is C43H64N2O7. The van der Waals surface area contributed by atoms with Crippen molar-refractivity contribution in [1.29, 1.82) is 0 Å². The zero-order chi connectivity index (χ0) is 37.2. The van der Waals surface area contributed by atoms with Crippen molar-refractivity contribution < 1.29 is 33.6 Å². The van der Waals surface area contributed by atoms with Crippen molar-refractivity contribution in [1.82, 2.24) is 4.90 Å². The summed E-state index contributed by atoms with van der Waals surface area (Å²) in [5, 5.41) is 11.0. The van der Waals surface area contributed by atoms with Crippen LogP contribution in [0.5, 0.6) is 0 Å². The SMILES string of the molecule is CC(=O)OC(C1CC(C)C2C(O1)C(=O)C1(N)C3CCC4C(C)(C)C(OC5CN(Cc6ccccc6)CCO5)CCC45C(C)C35CCC21C)C(C)(C)O. The lowest BCUT2D eigenvalue weighted by molar-refractivity contribution is -0.246. The molecule has 9 nitrogen and oxygen atoms in total. The average Bonchev–Trinajstić information content (AvgIpc) is 3.55. The van der Waals surface area contributed by atoms with Gasteiger partial charge < -0.3 is 29.8 Å². The Kier molecular flexibility index (Phi) is 8.77. The Balaban J connectivity index is 1.03. The first-order valence-electron chi connectivity index (χ1n) is 20.3. The molecule has 3 N–H and O–H groups in total. The number of carbonyl (C=O) groups excluding carboxylic acids is 2. The zero-order valence-electron chi connectivity index (χ0n) is 32.9. The van der Waals surface area contributed by atoms with E-state index in [1.54, 1.807) is 13.8 Å². The number of nitrogens with zero attached hydrogens (tertiary/aromatic N) is 1. The number of nitrogens with two attached hydrogens (primary N) is 1. The number of ether oxygens (including phenoxy) is 4. The van der Waals surface area contributed by atoms with E-state index in [-0.39, 0.29) is 52.2 Å². The van der Waals surface area contributed by atoms with E-state index in [0.717, 1.165) is 58.2 Å². The molecule has 288 valence electrons. The molecule has 5 saturated carbocycles. The van der Waals surface area contributed by atoms with E-state index in [1.807, 2.05) is 0 Å². The van der Waals surface area contributed by atoms with Gasteiger partial charge in [-0.25, -0.2) is 0 Å². The summed E-state index contributed by atoms with van der Waals surface area (Å²) in [6.07, 6.45) is 4.43. The van der Waals surface area contributed by atoms with Crippen LogP contribution in [-0.4, -0.2) is 83.3 Å². The van der Waals surface area contributed by atoms with Crippen LogP contribution >= 0.6 is 0 Å². The fourth-order valence-corrected chi connectivity index (χ4v) is 14.6. The minimum Gasteiger partial charge on any atom is -0.457 e. The second-order valence-electron chi connectivity index (χ2n) is 19.7. The maximum atomic E-state index is 15.1. The number of aliphatic hydroxyl groups is 1. The van der Waals surface area contributed by atoms with Crippen molar-refractivity contribution in [3.8, 4) is 0 Å². The summed E-state index contributed by atoms with van der Waals surface area (Å²) in [6.45, 7) is 19.7. The molecule has 7 fully saturated rings. The van der Waals surface area contributed by atoms with Gasteiger partial charge >= 0.3 is 5.97 Å². The molecular weight excluding hydrogens is 656 g/mol. The first-order valence-corrected chi connectivity index (χ1v) is 20.3. The number of morpholine rings is 1. The fraction of sp³-hybridized carbons (Fsp3) is 0.814. The molecule has 2 aliphatic heterocycles. The molecule has 1 aromatic carbocycles. The standard InChI is InChI=1S/C43H64N2O7/c1-25-22-29(37(39(6,7)48)50-27(3)46)51-35-34(25)40(8)18-19-42-26(2)41(42)17-16-32(38(4,5)30(41)14-15-31(42)43(40,44)36(35)47)52-33-24-45(20-21-49-33)23-28-12-10-9-11-13-28/h9-13,25-26,29-35,37,48H,14-24,44H2,1-8H3. The third kappa shape index (κ3) is 5.00. The summed E-state index contributed by atoms with van der Waals surface area (Å²) >= 11 is 0. The van der Waals surface area contributed by atoms with Gasteiger partial charge in [0.15, 0.2) is 18.2 Å². The van der Waals surface area contributed by atoms with Crippen LogP contribution in [0, 0.1) is 51.2 Å². The molecule has 0 amide bonds. The molecule has 14 unspecified atom stereocenters. The molecule has 1 aromatic rings. The maximum absolute atomic E-state index is 15.1. The van der Waals surface area contributed by atoms with Gasteiger partial charge in [-0.3, -0.25) is 14.5 Å². The lowest BCUT2D eigenvalue weighted by Gasteiger charge is -2.62. The summed E-state index contributed by atoms with van der Waals surface area (Å²) in [6, 6.07) is 10.6. The van der Waals surface area contributed by atoms with Gasteiger partial charge in [0.1, 0.15) is 6.10 Å². The Hall–Kier alpha value is -1.88. The van der Waals surface area contributed by atoms with Crippen LogP contribution in [0.2, 0.25) is 0 Å². The van der Waals surface area contributed by atoms with E-state index in [9.17, 15) is 9.90 Å². The second-order valence-corrected chi connectivity index (χ2v) is 19.7. The molecule has 0 bridgehead atoms. The molecule has 14 atom stereocenters. The highest BCUT2D eigenvalue weighted by atomic mass is 16.7. The van der Waals surface area contributed by atoms with Gasteiger partial charge in [0.05, 0.1) is 30.0 Å². The number of hydrogen-bond acceptors (Lipinski definition) is 9. The van der Waals surface area contributed by atoms with E-state index >= 15 is 4.79 Å². The number of benzene rings is 1. The Labute approximate surface area is 311 Å². The van der Waals surface area contributed by atoms with Crippen molar-refractivity contribution in [2.45, 2.75) is 149 Å². The Morgan fingerprint density at radius 3 is 2.44 bits per heavy atom. The van der Waals surface area contributed by atoms with Crippen molar-refractivity contribution in [2.24, 2.45) is 57.0 Å². The molecule has 5 aliphatic carbocycles. The number of ketones is 1. The summed E-state index contributed by atoms with van der Waals surface area (Å²) in [7, 11) is 0. The molecule has 0 radical (unpaired) electrons. The first kappa shape index (κ1) is 37.1. The quantitative estimate of drug-likeness (QED) is 0.332.